The number of amides is 3. The molecule has 1 aliphatic rings. The molecule has 0 aliphatic carbocycles. The number of nitrogens with zero attached hydrogens (tertiary/aromatic N) is 2. The Balaban J connectivity index is 2.15. The quantitative estimate of drug-likeness (QED) is 0.495. The molecule has 1 fully saturated rings. The minimum Gasteiger partial charge on any atom is -0.508 e. The zero-order valence-corrected chi connectivity index (χ0v) is 8.62. The Morgan fingerprint density at radius 2 is 2.12 bits per heavy atom. The lowest BCUT2D eigenvalue weighted by molar-refractivity contribution is -0.118. The molecule has 3 N–H and O–H groups in total. The number of rotatable bonds is 2. The fraction of sp³-hybridized carbons (Fsp3) is 0.100. The second-order valence-electron chi connectivity index (χ2n) is 3.40. The van der Waals surface area contributed by atoms with E-state index in [4.69, 9.17) is 5.11 Å². The number of hydrogen-bond donors (Lipinski definition) is 3. The normalized spacial score (nSPS) is 15.6. The van der Waals surface area contributed by atoms with Crippen molar-refractivity contribution in [3.8, 4) is 11.5 Å². The van der Waals surface area contributed by atoms with Crippen LogP contribution < -0.4 is 5.32 Å². The van der Waals surface area contributed by atoms with Crippen LogP contribution in [-0.2, 0) is 4.79 Å². The summed E-state index contributed by atoms with van der Waals surface area (Å²) >= 11 is 0. The van der Waals surface area contributed by atoms with Crippen LogP contribution in [-0.4, -0.2) is 39.9 Å². The first kappa shape index (κ1) is 10.9. The fourth-order valence-corrected chi connectivity index (χ4v) is 1.30. The first-order chi connectivity index (χ1) is 8.06. The number of carbonyl (C=O) groups is 2. The van der Waals surface area contributed by atoms with E-state index in [1.165, 1.54) is 18.3 Å². The van der Waals surface area contributed by atoms with Crippen LogP contribution in [0.25, 0.3) is 0 Å². The molecular weight excluding hydrogens is 226 g/mol. The molecule has 1 saturated heterocycles. The molecule has 0 atom stereocenters. The molecule has 0 aromatic heterocycles. The van der Waals surface area contributed by atoms with Gasteiger partial charge in [0.2, 0.25) is 5.91 Å². The molecule has 3 amide bonds. The first-order valence-electron chi connectivity index (χ1n) is 4.73. The molecule has 0 unspecified atom stereocenters. The standard InChI is InChI=1S/C10H9N3O4/c14-7-2-1-6(8(15)3-7)4-11-13-5-9(16)12-10(13)17/h1-4,14-15H,5H2,(H,12,16,17)/b11-4+. The fourth-order valence-electron chi connectivity index (χ4n) is 1.30. The van der Waals surface area contributed by atoms with Crippen LogP contribution in [0.4, 0.5) is 4.79 Å². The topological polar surface area (TPSA) is 102 Å². The molecule has 1 heterocycles. The van der Waals surface area contributed by atoms with Gasteiger partial charge in [-0.25, -0.2) is 9.80 Å². The highest BCUT2D eigenvalue weighted by atomic mass is 16.3. The van der Waals surface area contributed by atoms with Gasteiger partial charge < -0.3 is 10.2 Å². The van der Waals surface area contributed by atoms with Crippen LogP contribution >= 0.6 is 0 Å². The molecule has 7 heteroatoms. The number of hydrogen-bond acceptors (Lipinski definition) is 5. The smallest absolute Gasteiger partial charge is 0.344 e. The van der Waals surface area contributed by atoms with Crippen LogP contribution in [0.3, 0.4) is 0 Å². The van der Waals surface area contributed by atoms with Gasteiger partial charge in [0.1, 0.15) is 18.0 Å². The Kier molecular flexibility index (Phi) is 2.65. The number of nitrogens with one attached hydrogen (secondary N) is 1. The SMILES string of the molecule is O=C1CN(/N=C/c2ccc(O)cc2O)C(=O)N1. The Labute approximate surface area is 96.0 Å². The second-order valence-corrected chi connectivity index (χ2v) is 3.40. The summed E-state index contributed by atoms with van der Waals surface area (Å²) in [6.07, 6.45) is 1.23. The molecule has 0 spiro atoms. The van der Waals surface area contributed by atoms with Gasteiger partial charge in [0.15, 0.2) is 0 Å². The number of phenols is 2. The Morgan fingerprint density at radius 1 is 1.35 bits per heavy atom. The van der Waals surface area contributed by atoms with Crippen LogP contribution in [0.2, 0.25) is 0 Å². The number of carbonyl (C=O) groups excluding carboxylic acids is 2. The third-order valence-electron chi connectivity index (χ3n) is 2.12. The summed E-state index contributed by atoms with van der Waals surface area (Å²) < 4.78 is 0. The van der Waals surface area contributed by atoms with E-state index in [0.29, 0.717) is 5.56 Å². The predicted molar refractivity (Wildman–Crippen MR) is 57.6 cm³/mol. The van der Waals surface area contributed by atoms with Gasteiger partial charge in [-0.3, -0.25) is 10.1 Å². The maximum atomic E-state index is 11.1. The zero-order chi connectivity index (χ0) is 12.4. The molecule has 1 aromatic carbocycles. The molecule has 1 aromatic rings. The minimum atomic E-state index is -0.607. The van der Waals surface area contributed by atoms with Gasteiger partial charge in [0.05, 0.1) is 6.21 Å². The van der Waals surface area contributed by atoms with Gasteiger partial charge in [0, 0.05) is 11.6 Å². The van der Waals surface area contributed by atoms with E-state index >= 15 is 0 Å². The van der Waals surface area contributed by atoms with Crippen molar-refractivity contribution < 1.29 is 19.8 Å². The molecule has 17 heavy (non-hydrogen) atoms. The predicted octanol–water partition coefficient (Wildman–Crippen LogP) is -0.0165. The molecule has 0 radical (unpaired) electrons. The minimum absolute atomic E-state index is 0.0752. The van der Waals surface area contributed by atoms with E-state index in [0.717, 1.165) is 11.1 Å². The molecule has 1 aliphatic heterocycles. The number of phenolic OH excluding ortho intramolecular Hbond substituents is 2. The number of hydrazone groups is 1. The lowest BCUT2D eigenvalue weighted by Crippen LogP contribution is -2.24. The Hall–Kier alpha value is -2.57. The van der Waals surface area contributed by atoms with Crippen molar-refractivity contribution in [1.29, 1.82) is 0 Å². The monoisotopic (exact) mass is 235 g/mol. The van der Waals surface area contributed by atoms with Crippen molar-refractivity contribution in [2.75, 3.05) is 6.54 Å². The van der Waals surface area contributed by atoms with Crippen molar-refractivity contribution in [1.82, 2.24) is 10.3 Å². The zero-order valence-electron chi connectivity index (χ0n) is 8.62. The second kappa shape index (κ2) is 4.12. The van der Waals surface area contributed by atoms with E-state index in [9.17, 15) is 14.7 Å². The van der Waals surface area contributed by atoms with E-state index in [-0.39, 0.29) is 18.0 Å². The summed E-state index contributed by atoms with van der Waals surface area (Å²) in [5.74, 6) is -0.671. The van der Waals surface area contributed by atoms with Gasteiger partial charge >= 0.3 is 6.03 Å². The van der Waals surface area contributed by atoms with Crippen LogP contribution in [0.15, 0.2) is 23.3 Å². The number of urea groups is 1. The number of benzene rings is 1. The lowest BCUT2D eigenvalue weighted by atomic mass is 10.2. The summed E-state index contributed by atoms with van der Waals surface area (Å²) in [4.78, 5) is 22.0. The van der Waals surface area contributed by atoms with Crippen molar-refractivity contribution in [2.45, 2.75) is 0 Å². The molecule has 7 nitrogen and oxygen atoms in total. The van der Waals surface area contributed by atoms with Crippen molar-refractivity contribution in [2.24, 2.45) is 5.10 Å². The van der Waals surface area contributed by atoms with Gasteiger partial charge in [0.25, 0.3) is 0 Å². The van der Waals surface area contributed by atoms with Crippen LogP contribution in [0.5, 0.6) is 11.5 Å². The molecule has 0 bridgehead atoms. The third-order valence-corrected chi connectivity index (χ3v) is 2.12. The Morgan fingerprint density at radius 3 is 2.71 bits per heavy atom. The van der Waals surface area contributed by atoms with Crippen molar-refractivity contribution >= 4 is 18.2 Å². The first-order valence-corrected chi connectivity index (χ1v) is 4.73. The van der Waals surface area contributed by atoms with Crippen molar-refractivity contribution in [3.05, 3.63) is 23.8 Å². The van der Waals surface area contributed by atoms with Crippen molar-refractivity contribution in [3.63, 3.8) is 0 Å². The highest BCUT2D eigenvalue weighted by Gasteiger charge is 2.25. The molecule has 0 saturated carbocycles. The van der Waals surface area contributed by atoms with E-state index in [1.54, 1.807) is 0 Å². The largest absolute Gasteiger partial charge is 0.508 e. The van der Waals surface area contributed by atoms with E-state index in [2.05, 4.69) is 10.4 Å². The van der Waals surface area contributed by atoms with Gasteiger partial charge in [-0.05, 0) is 12.1 Å². The Bertz CT molecular complexity index is 512. The highest BCUT2D eigenvalue weighted by molar-refractivity contribution is 6.02. The summed E-state index contributed by atoms with van der Waals surface area (Å²) in [6, 6.07) is 3.35. The molecule has 88 valence electrons. The summed E-state index contributed by atoms with van der Waals surface area (Å²) in [5, 5.41) is 25.3. The number of aromatic hydroxyl groups is 2. The van der Waals surface area contributed by atoms with Gasteiger partial charge in [-0.1, -0.05) is 0 Å². The van der Waals surface area contributed by atoms with E-state index in [1.807, 2.05) is 0 Å². The lowest BCUT2D eigenvalue weighted by Gasteiger charge is -2.05. The van der Waals surface area contributed by atoms with Gasteiger partial charge in [-0.2, -0.15) is 5.10 Å². The summed E-state index contributed by atoms with van der Waals surface area (Å²) in [5.41, 5.74) is 0.329. The van der Waals surface area contributed by atoms with Crippen LogP contribution in [0, 0.1) is 0 Å². The summed E-state index contributed by atoms with van der Waals surface area (Å²) in [7, 11) is 0. The average Bonchev–Trinajstić information content (AvgIpc) is 2.56. The summed E-state index contributed by atoms with van der Waals surface area (Å²) in [6.45, 7) is -0.145. The van der Waals surface area contributed by atoms with E-state index < -0.39 is 11.9 Å². The third kappa shape index (κ3) is 2.33. The highest BCUT2D eigenvalue weighted by Crippen LogP contribution is 2.20. The van der Waals surface area contributed by atoms with Crippen LogP contribution in [0.1, 0.15) is 5.56 Å². The van der Waals surface area contributed by atoms with Gasteiger partial charge in [-0.15, -0.1) is 0 Å². The maximum Gasteiger partial charge on any atom is 0.344 e. The number of imide groups is 1. The average molecular weight is 235 g/mol. The maximum absolute atomic E-state index is 11.1. The molecular formula is C10H9N3O4. The molecule has 2 rings (SSSR count).